The zero-order valence-electron chi connectivity index (χ0n) is 13.6. The van der Waals surface area contributed by atoms with E-state index in [1.165, 1.54) is 0 Å². The van der Waals surface area contributed by atoms with Crippen molar-refractivity contribution >= 4 is 23.4 Å². The molecule has 118 valence electrons. The van der Waals surface area contributed by atoms with Gasteiger partial charge in [0.05, 0.1) is 11.9 Å². The van der Waals surface area contributed by atoms with E-state index in [1.807, 2.05) is 27.7 Å². The van der Waals surface area contributed by atoms with Crippen LogP contribution in [-0.4, -0.2) is 40.5 Å². The first-order valence-electron chi connectivity index (χ1n) is 7.40. The Morgan fingerprint density at radius 1 is 1.38 bits per heavy atom. The molecule has 0 saturated carbocycles. The predicted octanol–water partition coefficient (Wildman–Crippen LogP) is 2.90. The Bertz CT molecular complexity index is 465. The van der Waals surface area contributed by atoms with Crippen molar-refractivity contribution in [1.29, 1.82) is 0 Å². The van der Waals surface area contributed by atoms with Gasteiger partial charge in [-0.2, -0.15) is 11.8 Å². The topological polar surface area (TPSA) is 66.9 Å². The van der Waals surface area contributed by atoms with Crippen molar-refractivity contribution in [3.63, 3.8) is 0 Å². The highest BCUT2D eigenvalue weighted by atomic mass is 32.2. The normalized spacial score (nSPS) is 12.3. The van der Waals surface area contributed by atoms with Crippen molar-refractivity contribution in [2.45, 2.75) is 46.1 Å². The van der Waals surface area contributed by atoms with Crippen LogP contribution in [0.5, 0.6) is 0 Å². The number of rotatable bonds is 8. The van der Waals surface area contributed by atoms with Gasteiger partial charge in [-0.15, -0.1) is 0 Å². The molecule has 0 spiro atoms. The number of nitrogens with zero attached hydrogens (tertiary/aromatic N) is 2. The number of nitrogens with one attached hydrogen (secondary N) is 2. The van der Waals surface area contributed by atoms with Gasteiger partial charge in [0.2, 0.25) is 0 Å². The van der Waals surface area contributed by atoms with Crippen LogP contribution in [0.4, 0.5) is 5.69 Å². The molecule has 1 amide bonds. The number of carbonyl (C=O) groups excluding carboxylic acids is 1. The number of thioether (sulfide) groups is 1. The van der Waals surface area contributed by atoms with E-state index in [9.17, 15) is 4.79 Å². The molecule has 0 aromatic carbocycles. The maximum atomic E-state index is 12.4. The van der Waals surface area contributed by atoms with E-state index in [-0.39, 0.29) is 17.9 Å². The molecule has 5 nitrogen and oxygen atoms in total. The molecular weight excluding hydrogens is 284 g/mol. The van der Waals surface area contributed by atoms with Crippen molar-refractivity contribution in [2.75, 3.05) is 23.9 Å². The maximum absolute atomic E-state index is 12.4. The number of carbonyl (C=O) groups is 1. The largest absolute Gasteiger partial charge is 0.382 e. The lowest BCUT2D eigenvalue weighted by atomic mass is 10.2. The molecule has 0 bridgehead atoms. The SMILES string of the molecule is CCNc1cnc(C(C)C)nc1C(=O)NC(C)CCSC. The van der Waals surface area contributed by atoms with Crippen molar-refractivity contribution in [3.05, 3.63) is 17.7 Å². The van der Waals surface area contributed by atoms with Crippen LogP contribution in [0.3, 0.4) is 0 Å². The highest BCUT2D eigenvalue weighted by Gasteiger charge is 2.17. The maximum Gasteiger partial charge on any atom is 0.272 e. The van der Waals surface area contributed by atoms with Crippen LogP contribution in [0.2, 0.25) is 0 Å². The molecule has 0 saturated heterocycles. The highest BCUT2D eigenvalue weighted by molar-refractivity contribution is 7.98. The highest BCUT2D eigenvalue weighted by Crippen LogP contribution is 2.16. The summed E-state index contributed by atoms with van der Waals surface area (Å²) in [4.78, 5) is 21.2. The second kappa shape index (κ2) is 8.87. The van der Waals surface area contributed by atoms with E-state index in [0.717, 1.165) is 18.7 Å². The van der Waals surface area contributed by atoms with Crippen LogP contribution in [-0.2, 0) is 0 Å². The Balaban J connectivity index is 2.91. The smallest absolute Gasteiger partial charge is 0.272 e. The quantitative estimate of drug-likeness (QED) is 0.773. The molecule has 1 rings (SSSR count). The number of hydrogen-bond donors (Lipinski definition) is 2. The lowest BCUT2D eigenvalue weighted by Crippen LogP contribution is -2.34. The van der Waals surface area contributed by atoms with Gasteiger partial charge < -0.3 is 10.6 Å². The van der Waals surface area contributed by atoms with Crippen LogP contribution in [0, 0.1) is 0 Å². The summed E-state index contributed by atoms with van der Waals surface area (Å²) < 4.78 is 0. The molecule has 1 atom stereocenters. The van der Waals surface area contributed by atoms with Crippen LogP contribution >= 0.6 is 11.8 Å². The summed E-state index contributed by atoms with van der Waals surface area (Å²) in [6, 6.07) is 0.136. The fraction of sp³-hybridized carbons (Fsp3) is 0.667. The Morgan fingerprint density at radius 2 is 2.10 bits per heavy atom. The summed E-state index contributed by atoms with van der Waals surface area (Å²) in [7, 11) is 0. The van der Waals surface area contributed by atoms with Crippen molar-refractivity contribution in [3.8, 4) is 0 Å². The molecule has 1 aromatic rings. The summed E-state index contributed by atoms with van der Waals surface area (Å²) in [5, 5.41) is 6.16. The van der Waals surface area contributed by atoms with Crippen LogP contribution in [0.25, 0.3) is 0 Å². The number of hydrogen-bond acceptors (Lipinski definition) is 5. The average Bonchev–Trinajstić information content (AvgIpc) is 2.45. The van der Waals surface area contributed by atoms with Gasteiger partial charge in [-0.1, -0.05) is 13.8 Å². The minimum atomic E-state index is -0.135. The van der Waals surface area contributed by atoms with Crippen LogP contribution in [0.1, 0.15) is 56.3 Å². The predicted molar refractivity (Wildman–Crippen MR) is 90.2 cm³/mol. The van der Waals surface area contributed by atoms with Gasteiger partial charge in [-0.05, 0) is 32.3 Å². The summed E-state index contributed by atoms with van der Waals surface area (Å²) >= 11 is 1.78. The third-order valence-electron chi connectivity index (χ3n) is 3.04. The van der Waals surface area contributed by atoms with Crippen LogP contribution in [0.15, 0.2) is 6.20 Å². The van der Waals surface area contributed by atoms with E-state index in [1.54, 1.807) is 18.0 Å². The molecule has 2 N–H and O–H groups in total. The third-order valence-corrected chi connectivity index (χ3v) is 3.68. The second-order valence-electron chi connectivity index (χ2n) is 5.33. The summed E-state index contributed by atoms with van der Waals surface area (Å²) in [5.41, 5.74) is 1.13. The van der Waals surface area contributed by atoms with E-state index in [4.69, 9.17) is 0 Å². The molecule has 1 aromatic heterocycles. The zero-order valence-corrected chi connectivity index (χ0v) is 14.4. The molecule has 0 fully saturated rings. The van der Waals surface area contributed by atoms with Crippen molar-refractivity contribution < 1.29 is 4.79 Å². The average molecular weight is 310 g/mol. The molecule has 21 heavy (non-hydrogen) atoms. The first kappa shape index (κ1) is 17.8. The molecule has 0 aliphatic carbocycles. The monoisotopic (exact) mass is 310 g/mol. The Morgan fingerprint density at radius 3 is 2.67 bits per heavy atom. The summed E-state index contributed by atoms with van der Waals surface area (Å²) in [6.45, 7) is 8.77. The minimum Gasteiger partial charge on any atom is -0.382 e. The summed E-state index contributed by atoms with van der Waals surface area (Å²) in [5.74, 6) is 1.78. The molecule has 1 heterocycles. The molecule has 1 unspecified atom stereocenters. The van der Waals surface area contributed by atoms with Gasteiger partial charge in [0.25, 0.3) is 5.91 Å². The lowest BCUT2D eigenvalue weighted by molar-refractivity contribution is 0.0935. The minimum absolute atomic E-state index is 0.135. The number of aromatic nitrogens is 2. The van der Waals surface area contributed by atoms with E-state index < -0.39 is 0 Å². The lowest BCUT2D eigenvalue weighted by Gasteiger charge is -2.16. The first-order chi connectivity index (χ1) is 9.99. The molecular formula is C15H26N4OS. The number of anilines is 1. The second-order valence-corrected chi connectivity index (χ2v) is 6.32. The summed E-state index contributed by atoms with van der Waals surface area (Å²) in [6.07, 6.45) is 4.72. The van der Waals surface area contributed by atoms with E-state index in [2.05, 4.69) is 26.9 Å². The molecule has 0 aliphatic heterocycles. The van der Waals surface area contributed by atoms with Gasteiger partial charge in [0.15, 0.2) is 5.69 Å². The Labute approximate surface area is 131 Å². The van der Waals surface area contributed by atoms with Gasteiger partial charge in [-0.25, -0.2) is 9.97 Å². The zero-order chi connectivity index (χ0) is 15.8. The fourth-order valence-electron chi connectivity index (χ4n) is 1.83. The molecule has 6 heteroatoms. The van der Waals surface area contributed by atoms with Gasteiger partial charge in [0, 0.05) is 18.5 Å². The van der Waals surface area contributed by atoms with Crippen molar-refractivity contribution in [1.82, 2.24) is 15.3 Å². The third kappa shape index (κ3) is 5.53. The van der Waals surface area contributed by atoms with Gasteiger partial charge in [0.1, 0.15) is 5.82 Å². The van der Waals surface area contributed by atoms with Crippen LogP contribution < -0.4 is 10.6 Å². The Kier molecular flexibility index (Phi) is 7.50. The standard InChI is InChI=1S/C15H26N4OS/c1-6-16-12-9-17-14(10(2)3)19-13(12)15(20)18-11(4)7-8-21-5/h9-11,16H,6-8H2,1-5H3,(H,18,20). The van der Waals surface area contributed by atoms with Gasteiger partial charge >= 0.3 is 0 Å². The van der Waals surface area contributed by atoms with E-state index >= 15 is 0 Å². The fourth-order valence-corrected chi connectivity index (χ4v) is 2.41. The first-order valence-corrected chi connectivity index (χ1v) is 8.79. The molecule has 0 aliphatic rings. The van der Waals surface area contributed by atoms with E-state index in [0.29, 0.717) is 17.2 Å². The molecule has 0 radical (unpaired) electrons. The van der Waals surface area contributed by atoms with Gasteiger partial charge in [-0.3, -0.25) is 4.79 Å². The Hall–Kier alpha value is -1.30. The number of amides is 1. The van der Waals surface area contributed by atoms with Crippen molar-refractivity contribution in [2.24, 2.45) is 0 Å².